The average molecular weight is 422 g/mol. The summed E-state index contributed by atoms with van der Waals surface area (Å²) < 4.78 is 32.8. The molecular weight excluding hydrogens is 406 g/mol. The zero-order valence-electron chi connectivity index (χ0n) is 14.9. The van der Waals surface area contributed by atoms with Gasteiger partial charge in [-0.15, -0.1) is 0 Å². The van der Waals surface area contributed by atoms with E-state index < -0.39 is 15.9 Å². The van der Waals surface area contributed by atoms with Crippen molar-refractivity contribution < 1.29 is 22.7 Å². The fourth-order valence-corrected chi connectivity index (χ4v) is 3.07. The van der Waals surface area contributed by atoms with E-state index in [4.69, 9.17) is 26.2 Å². The topological polar surface area (TPSA) is 132 Å². The molecule has 0 bridgehead atoms. The van der Waals surface area contributed by atoms with E-state index in [2.05, 4.69) is 5.32 Å². The average Bonchev–Trinajstić information content (AvgIpc) is 2.65. The summed E-state index contributed by atoms with van der Waals surface area (Å²) in [6, 6.07) is 10.1. The fourth-order valence-electron chi connectivity index (χ4n) is 2.26. The third-order valence-electron chi connectivity index (χ3n) is 3.57. The van der Waals surface area contributed by atoms with Gasteiger partial charge in [-0.1, -0.05) is 11.6 Å². The number of primary sulfonamides is 1. The number of carbonyl (C=O) groups excluding carboxylic acids is 1. The largest absolute Gasteiger partial charge is 0.493 e. The summed E-state index contributed by atoms with van der Waals surface area (Å²) in [5, 5.41) is 17.1. The number of methoxy groups -OCH3 is 2. The predicted octanol–water partition coefficient (Wildman–Crippen LogP) is 2.55. The van der Waals surface area contributed by atoms with Crippen molar-refractivity contribution in [2.45, 2.75) is 4.90 Å². The van der Waals surface area contributed by atoms with Crippen LogP contribution in [0.25, 0.3) is 6.08 Å². The van der Waals surface area contributed by atoms with Crippen molar-refractivity contribution in [2.75, 3.05) is 19.5 Å². The van der Waals surface area contributed by atoms with Crippen molar-refractivity contribution in [1.29, 1.82) is 5.26 Å². The van der Waals surface area contributed by atoms with E-state index >= 15 is 0 Å². The van der Waals surface area contributed by atoms with Gasteiger partial charge in [0.1, 0.15) is 11.6 Å². The summed E-state index contributed by atoms with van der Waals surface area (Å²) in [7, 11) is -0.963. The molecule has 0 heterocycles. The summed E-state index contributed by atoms with van der Waals surface area (Å²) in [5.41, 5.74) is 0.557. The molecular formula is C18H16ClN3O5S. The molecule has 0 aromatic heterocycles. The lowest BCUT2D eigenvalue weighted by Gasteiger charge is -2.10. The number of rotatable bonds is 6. The Kier molecular flexibility index (Phi) is 6.64. The second kappa shape index (κ2) is 8.75. The smallest absolute Gasteiger partial charge is 0.266 e. The summed E-state index contributed by atoms with van der Waals surface area (Å²) in [5.74, 6) is -0.00600. The highest BCUT2D eigenvalue weighted by Crippen LogP contribution is 2.36. The van der Waals surface area contributed by atoms with Gasteiger partial charge in [-0.3, -0.25) is 4.79 Å². The van der Waals surface area contributed by atoms with Crippen LogP contribution < -0.4 is 19.9 Å². The second-order valence-electron chi connectivity index (χ2n) is 5.43. The van der Waals surface area contributed by atoms with Crippen LogP contribution in [0.2, 0.25) is 5.02 Å². The lowest BCUT2D eigenvalue weighted by molar-refractivity contribution is -0.112. The van der Waals surface area contributed by atoms with Crippen LogP contribution in [0.5, 0.6) is 11.5 Å². The van der Waals surface area contributed by atoms with E-state index in [1.165, 1.54) is 50.6 Å². The molecule has 0 spiro atoms. The number of nitrogens with zero attached hydrogens (tertiary/aromatic N) is 1. The maximum absolute atomic E-state index is 12.4. The molecule has 0 atom stereocenters. The van der Waals surface area contributed by atoms with Gasteiger partial charge in [0, 0.05) is 5.69 Å². The van der Waals surface area contributed by atoms with E-state index in [1.54, 1.807) is 6.07 Å². The van der Waals surface area contributed by atoms with E-state index in [0.29, 0.717) is 22.7 Å². The predicted molar refractivity (Wildman–Crippen MR) is 105 cm³/mol. The molecule has 0 saturated carbocycles. The Balaban J connectivity index is 2.29. The highest BCUT2D eigenvalue weighted by atomic mass is 35.5. The van der Waals surface area contributed by atoms with Crippen LogP contribution in [-0.2, 0) is 14.8 Å². The number of halogens is 1. The van der Waals surface area contributed by atoms with Crippen molar-refractivity contribution in [3.8, 4) is 17.6 Å². The summed E-state index contributed by atoms with van der Waals surface area (Å²) in [4.78, 5) is 12.3. The Hall–Kier alpha value is -3.06. The fraction of sp³-hybridized carbons (Fsp3) is 0.111. The number of benzene rings is 2. The Bertz CT molecular complexity index is 1070. The standard InChI is InChI=1S/C18H16ClN3O5S/c1-26-16-9-11(8-15(19)17(16)27-2)7-12(10-20)18(23)22-13-3-5-14(6-4-13)28(21,24)25/h3-9H,1-2H3,(H,22,23)(H2,21,24,25)/b12-7+. The molecule has 0 aliphatic carbocycles. The van der Waals surface area contributed by atoms with Crippen molar-refractivity contribution in [3.63, 3.8) is 0 Å². The van der Waals surface area contributed by atoms with Crippen molar-refractivity contribution in [3.05, 3.63) is 52.6 Å². The maximum atomic E-state index is 12.4. The van der Waals surface area contributed by atoms with Crippen LogP contribution in [-0.4, -0.2) is 28.5 Å². The van der Waals surface area contributed by atoms with Gasteiger partial charge >= 0.3 is 0 Å². The van der Waals surface area contributed by atoms with Gasteiger partial charge in [-0.2, -0.15) is 5.26 Å². The number of hydrogen-bond donors (Lipinski definition) is 2. The first kappa shape index (κ1) is 21.2. The molecule has 8 nitrogen and oxygen atoms in total. The van der Waals surface area contributed by atoms with Crippen LogP contribution in [0, 0.1) is 11.3 Å². The molecule has 10 heteroatoms. The zero-order chi connectivity index (χ0) is 20.9. The number of nitrogens with two attached hydrogens (primary N) is 1. The molecule has 0 unspecified atom stereocenters. The Morgan fingerprint density at radius 3 is 2.36 bits per heavy atom. The first-order valence-electron chi connectivity index (χ1n) is 7.67. The number of anilines is 1. The summed E-state index contributed by atoms with van der Waals surface area (Å²) >= 11 is 6.12. The Morgan fingerprint density at radius 1 is 1.21 bits per heavy atom. The Labute approximate surface area is 167 Å². The third-order valence-corrected chi connectivity index (χ3v) is 4.78. The number of nitrogens with one attached hydrogen (secondary N) is 1. The molecule has 2 aromatic rings. The third kappa shape index (κ3) is 5.01. The number of nitriles is 1. The molecule has 0 radical (unpaired) electrons. The van der Waals surface area contributed by atoms with Crippen LogP contribution in [0.4, 0.5) is 5.69 Å². The molecule has 146 valence electrons. The van der Waals surface area contributed by atoms with E-state index in [1.807, 2.05) is 6.07 Å². The molecule has 2 aromatic carbocycles. The molecule has 28 heavy (non-hydrogen) atoms. The highest BCUT2D eigenvalue weighted by molar-refractivity contribution is 7.89. The number of carbonyl (C=O) groups is 1. The van der Waals surface area contributed by atoms with E-state index in [0.717, 1.165) is 0 Å². The SMILES string of the molecule is COc1cc(/C=C(\C#N)C(=O)Nc2ccc(S(N)(=O)=O)cc2)cc(Cl)c1OC. The molecule has 0 aliphatic rings. The van der Waals surface area contributed by atoms with Crippen LogP contribution in [0.1, 0.15) is 5.56 Å². The molecule has 3 N–H and O–H groups in total. The van der Waals surface area contributed by atoms with Gasteiger partial charge in [0.25, 0.3) is 5.91 Å². The minimum absolute atomic E-state index is 0.0958. The van der Waals surface area contributed by atoms with Gasteiger partial charge in [0.15, 0.2) is 11.5 Å². The number of ether oxygens (including phenoxy) is 2. The number of amides is 1. The number of hydrogen-bond acceptors (Lipinski definition) is 6. The van der Waals surface area contributed by atoms with Gasteiger partial charge in [0.05, 0.1) is 24.1 Å². The highest BCUT2D eigenvalue weighted by Gasteiger charge is 2.14. The summed E-state index contributed by atoms with van der Waals surface area (Å²) in [6.07, 6.45) is 1.34. The minimum atomic E-state index is -3.84. The summed E-state index contributed by atoms with van der Waals surface area (Å²) in [6.45, 7) is 0. The van der Waals surface area contributed by atoms with Crippen LogP contribution in [0.15, 0.2) is 46.9 Å². The van der Waals surface area contributed by atoms with Crippen molar-refractivity contribution in [1.82, 2.24) is 0 Å². The lowest BCUT2D eigenvalue weighted by atomic mass is 10.1. The van der Waals surface area contributed by atoms with Gasteiger partial charge in [0.2, 0.25) is 10.0 Å². The molecule has 0 saturated heterocycles. The van der Waals surface area contributed by atoms with Crippen LogP contribution in [0.3, 0.4) is 0 Å². The van der Waals surface area contributed by atoms with Gasteiger partial charge in [-0.25, -0.2) is 13.6 Å². The molecule has 0 aliphatic heterocycles. The van der Waals surface area contributed by atoms with E-state index in [-0.39, 0.29) is 15.5 Å². The minimum Gasteiger partial charge on any atom is -0.493 e. The molecule has 2 rings (SSSR count). The Morgan fingerprint density at radius 2 is 1.86 bits per heavy atom. The van der Waals surface area contributed by atoms with E-state index in [9.17, 15) is 18.5 Å². The quantitative estimate of drug-likeness (QED) is 0.544. The normalized spacial score (nSPS) is 11.5. The molecule has 1 amide bonds. The van der Waals surface area contributed by atoms with Gasteiger partial charge < -0.3 is 14.8 Å². The molecule has 0 fully saturated rings. The maximum Gasteiger partial charge on any atom is 0.266 e. The first-order valence-corrected chi connectivity index (χ1v) is 9.59. The second-order valence-corrected chi connectivity index (χ2v) is 7.40. The zero-order valence-corrected chi connectivity index (χ0v) is 16.5. The van der Waals surface area contributed by atoms with Crippen molar-refractivity contribution >= 4 is 39.3 Å². The van der Waals surface area contributed by atoms with Crippen LogP contribution >= 0.6 is 11.6 Å². The van der Waals surface area contributed by atoms with Gasteiger partial charge in [-0.05, 0) is 48.0 Å². The van der Waals surface area contributed by atoms with Crippen molar-refractivity contribution in [2.24, 2.45) is 5.14 Å². The lowest BCUT2D eigenvalue weighted by Crippen LogP contribution is -2.14. The number of sulfonamides is 1. The first-order chi connectivity index (χ1) is 13.2. The monoisotopic (exact) mass is 421 g/mol.